The molecule has 3 aromatic carbocycles. The summed E-state index contributed by atoms with van der Waals surface area (Å²) in [6.45, 7) is 5.02. The Morgan fingerprint density at radius 1 is 0.892 bits per heavy atom. The molecule has 0 unspecified atom stereocenters. The van der Waals surface area contributed by atoms with E-state index in [1.54, 1.807) is 18.3 Å². The number of nitrogens with zero attached hydrogens (tertiary/aromatic N) is 3. The fraction of sp³-hybridized carbons (Fsp3) is 0.161. The van der Waals surface area contributed by atoms with Crippen molar-refractivity contribution in [3.8, 4) is 22.4 Å². The predicted molar refractivity (Wildman–Crippen MR) is 148 cm³/mol. The maximum atomic E-state index is 14.9. The second-order valence-corrected chi connectivity index (χ2v) is 9.16. The summed E-state index contributed by atoms with van der Waals surface area (Å²) in [5.74, 6) is -0.285. The van der Waals surface area contributed by atoms with Gasteiger partial charge < -0.3 is 15.0 Å². The second kappa shape index (κ2) is 9.99. The second-order valence-electron chi connectivity index (χ2n) is 9.16. The number of hydrogen-bond donors (Lipinski definition) is 1. The molecule has 6 heteroatoms. The molecule has 1 aliphatic rings. The first-order valence-corrected chi connectivity index (χ1v) is 12.5. The number of aromatic nitrogens is 2. The Balaban J connectivity index is 1.53. The van der Waals surface area contributed by atoms with Gasteiger partial charge in [0.1, 0.15) is 5.82 Å². The Hall–Kier alpha value is -4.29. The molecule has 184 valence electrons. The molecule has 2 aromatic heterocycles. The standard InChI is InChI=1S/C31H27FN4O/c1-21-30(24-8-2-4-10-26(24)32)34-27-11-5-3-9-25(27)31(21)35-28-19-22(23-7-6-14-33-20-23)12-13-29(28)36-15-17-37-18-16-36/h2-14,19-20H,15-18H2,1H3,(H,34,35). The van der Waals surface area contributed by atoms with Crippen LogP contribution in [0.4, 0.5) is 21.5 Å². The third-order valence-electron chi connectivity index (χ3n) is 6.87. The van der Waals surface area contributed by atoms with Crippen molar-refractivity contribution in [3.63, 3.8) is 0 Å². The quantitative estimate of drug-likeness (QED) is 0.288. The fourth-order valence-electron chi connectivity index (χ4n) is 4.95. The highest BCUT2D eigenvalue weighted by Gasteiger charge is 2.20. The van der Waals surface area contributed by atoms with Crippen LogP contribution in [0.15, 0.2) is 91.3 Å². The van der Waals surface area contributed by atoms with Gasteiger partial charge in [-0.15, -0.1) is 0 Å². The Morgan fingerprint density at radius 3 is 2.51 bits per heavy atom. The first-order chi connectivity index (χ1) is 18.2. The third-order valence-corrected chi connectivity index (χ3v) is 6.87. The van der Waals surface area contributed by atoms with E-state index >= 15 is 0 Å². The van der Waals surface area contributed by atoms with E-state index in [9.17, 15) is 4.39 Å². The highest BCUT2D eigenvalue weighted by molar-refractivity contribution is 5.99. The molecule has 1 N–H and O–H groups in total. The molecule has 1 fully saturated rings. The van der Waals surface area contributed by atoms with Crippen molar-refractivity contribution in [3.05, 3.63) is 103 Å². The molecule has 0 saturated carbocycles. The lowest BCUT2D eigenvalue weighted by Gasteiger charge is -2.31. The van der Waals surface area contributed by atoms with Crippen LogP contribution in [-0.2, 0) is 4.74 Å². The van der Waals surface area contributed by atoms with E-state index in [-0.39, 0.29) is 5.82 Å². The van der Waals surface area contributed by atoms with Gasteiger partial charge in [0.05, 0.1) is 41.5 Å². The van der Waals surface area contributed by atoms with E-state index in [0.717, 1.165) is 57.7 Å². The summed E-state index contributed by atoms with van der Waals surface area (Å²) in [6.07, 6.45) is 3.65. The van der Waals surface area contributed by atoms with Gasteiger partial charge in [-0.3, -0.25) is 4.98 Å². The first-order valence-electron chi connectivity index (χ1n) is 12.5. The van der Waals surface area contributed by atoms with Crippen molar-refractivity contribution >= 4 is 28.0 Å². The Bertz CT molecular complexity index is 1570. The minimum atomic E-state index is -0.285. The van der Waals surface area contributed by atoms with E-state index < -0.39 is 0 Å². The topological polar surface area (TPSA) is 50.3 Å². The highest BCUT2D eigenvalue weighted by atomic mass is 19.1. The van der Waals surface area contributed by atoms with Crippen LogP contribution >= 0.6 is 0 Å². The zero-order valence-electron chi connectivity index (χ0n) is 20.6. The number of para-hydroxylation sites is 1. The molecule has 0 atom stereocenters. The number of fused-ring (bicyclic) bond motifs is 1. The zero-order chi connectivity index (χ0) is 25.2. The summed E-state index contributed by atoms with van der Waals surface area (Å²) in [7, 11) is 0. The van der Waals surface area contributed by atoms with Gasteiger partial charge in [0.25, 0.3) is 0 Å². The molecule has 37 heavy (non-hydrogen) atoms. The molecule has 1 saturated heterocycles. The SMILES string of the molecule is Cc1c(-c2ccccc2F)nc2ccccc2c1Nc1cc(-c2cccnc2)ccc1N1CCOCC1. The zero-order valence-corrected chi connectivity index (χ0v) is 20.6. The molecule has 0 radical (unpaired) electrons. The van der Waals surface area contributed by atoms with Crippen molar-refractivity contribution in [2.24, 2.45) is 0 Å². The summed E-state index contributed by atoms with van der Waals surface area (Å²) >= 11 is 0. The predicted octanol–water partition coefficient (Wildman–Crippen LogP) is 6.99. The molecule has 1 aliphatic heterocycles. The fourth-order valence-corrected chi connectivity index (χ4v) is 4.95. The van der Waals surface area contributed by atoms with E-state index in [1.807, 2.05) is 43.5 Å². The Labute approximate surface area is 215 Å². The number of benzene rings is 3. The number of ether oxygens (including phenoxy) is 1. The summed E-state index contributed by atoms with van der Waals surface area (Å²) < 4.78 is 20.5. The Kier molecular flexibility index (Phi) is 6.25. The van der Waals surface area contributed by atoms with Crippen LogP contribution in [0.25, 0.3) is 33.3 Å². The number of anilines is 3. The van der Waals surface area contributed by atoms with Crippen molar-refractivity contribution < 1.29 is 9.13 Å². The normalized spacial score (nSPS) is 13.6. The highest BCUT2D eigenvalue weighted by Crippen LogP contribution is 2.39. The molecular formula is C31H27FN4O. The van der Waals surface area contributed by atoms with Crippen LogP contribution in [-0.4, -0.2) is 36.3 Å². The van der Waals surface area contributed by atoms with Crippen LogP contribution < -0.4 is 10.2 Å². The average Bonchev–Trinajstić information content (AvgIpc) is 2.96. The first kappa shape index (κ1) is 23.1. The lowest BCUT2D eigenvalue weighted by molar-refractivity contribution is 0.123. The van der Waals surface area contributed by atoms with Gasteiger partial charge in [-0.25, -0.2) is 9.37 Å². The lowest BCUT2D eigenvalue weighted by atomic mass is 10.0. The van der Waals surface area contributed by atoms with Crippen molar-refractivity contribution in [2.75, 3.05) is 36.5 Å². The van der Waals surface area contributed by atoms with Crippen LogP contribution in [0.5, 0.6) is 0 Å². The number of halogens is 1. The number of nitrogens with one attached hydrogen (secondary N) is 1. The number of hydrogen-bond acceptors (Lipinski definition) is 5. The molecule has 5 nitrogen and oxygen atoms in total. The van der Waals surface area contributed by atoms with Gasteiger partial charge in [-0.05, 0) is 54.4 Å². The van der Waals surface area contributed by atoms with Gasteiger partial charge in [-0.1, -0.05) is 42.5 Å². The molecule has 6 rings (SSSR count). The molecule has 5 aromatic rings. The maximum absolute atomic E-state index is 14.9. The molecular weight excluding hydrogens is 463 g/mol. The summed E-state index contributed by atoms with van der Waals surface area (Å²) in [6, 6.07) is 25.3. The largest absolute Gasteiger partial charge is 0.378 e. The van der Waals surface area contributed by atoms with E-state index in [1.165, 1.54) is 6.07 Å². The van der Waals surface area contributed by atoms with Crippen LogP contribution in [0.2, 0.25) is 0 Å². The van der Waals surface area contributed by atoms with Crippen LogP contribution in [0, 0.1) is 12.7 Å². The van der Waals surface area contributed by atoms with Crippen molar-refractivity contribution in [2.45, 2.75) is 6.92 Å². The molecule has 0 bridgehead atoms. The Morgan fingerprint density at radius 2 is 1.70 bits per heavy atom. The number of morpholine rings is 1. The minimum Gasteiger partial charge on any atom is -0.378 e. The van der Waals surface area contributed by atoms with Crippen LogP contribution in [0.1, 0.15) is 5.56 Å². The van der Waals surface area contributed by atoms with Gasteiger partial charge in [-0.2, -0.15) is 0 Å². The average molecular weight is 491 g/mol. The van der Waals surface area contributed by atoms with Crippen LogP contribution in [0.3, 0.4) is 0 Å². The number of rotatable bonds is 5. The lowest BCUT2D eigenvalue weighted by Crippen LogP contribution is -2.36. The van der Waals surface area contributed by atoms with Gasteiger partial charge in [0.2, 0.25) is 0 Å². The van der Waals surface area contributed by atoms with Gasteiger partial charge in [0.15, 0.2) is 0 Å². The summed E-state index contributed by atoms with van der Waals surface area (Å²) in [4.78, 5) is 11.5. The molecule has 0 spiro atoms. The summed E-state index contributed by atoms with van der Waals surface area (Å²) in [5.41, 5.74) is 7.93. The minimum absolute atomic E-state index is 0.285. The molecule has 0 amide bonds. The monoisotopic (exact) mass is 490 g/mol. The van der Waals surface area contributed by atoms with Crippen molar-refractivity contribution in [1.29, 1.82) is 0 Å². The van der Waals surface area contributed by atoms with Gasteiger partial charge in [0, 0.05) is 42.0 Å². The van der Waals surface area contributed by atoms with E-state index in [2.05, 4.69) is 45.5 Å². The maximum Gasteiger partial charge on any atom is 0.132 e. The van der Waals surface area contributed by atoms with E-state index in [4.69, 9.17) is 9.72 Å². The molecule has 0 aliphatic carbocycles. The van der Waals surface area contributed by atoms with Crippen molar-refractivity contribution in [1.82, 2.24) is 9.97 Å². The molecule has 3 heterocycles. The summed E-state index contributed by atoms with van der Waals surface area (Å²) in [5, 5.41) is 4.74. The number of pyridine rings is 2. The third kappa shape index (κ3) is 4.52. The smallest absolute Gasteiger partial charge is 0.132 e. The van der Waals surface area contributed by atoms with E-state index in [0.29, 0.717) is 24.5 Å². The van der Waals surface area contributed by atoms with Gasteiger partial charge >= 0.3 is 0 Å².